The maximum absolute atomic E-state index is 6.48. The molecule has 1 fully saturated rings. The highest BCUT2D eigenvalue weighted by Gasteiger charge is 2.34. The molecular formula is C13H17NO2. The van der Waals surface area contributed by atoms with E-state index in [9.17, 15) is 0 Å². The van der Waals surface area contributed by atoms with Crippen LogP contribution in [-0.4, -0.2) is 6.79 Å². The number of ether oxygens (including phenoxy) is 2. The van der Waals surface area contributed by atoms with E-state index in [1.54, 1.807) is 0 Å². The van der Waals surface area contributed by atoms with E-state index in [0.29, 0.717) is 6.79 Å². The predicted molar refractivity (Wildman–Crippen MR) is 61.6 cm³/mol. The van der Waals surface area contributed by atoms with Crippen molar-refractivity contribution in [1.29, 1.82) is 0 Å². The van der Waals surface area contributed by atoms with Crippen LogP contribution in [0.1, 0.15) is 36.8 Å². The summed E-state index contributed by atoms with van der Waals surface area (Å²) in [7, 11) is 0. The van der Waals surface area contributed by atoms with Crippen molar-refractivity contribution in [2.75, 3.05) is 6.79 Å². The van der Waals surface area contributed by atoms with Crippen LogP contribution in [0.3, 0.4) is 0 Å². The van der Waals surface area contributed by atoms with Gasteiger partial charge in [0, 0.05) is 11.1 Å². The fraction of sp³-hybridized carbons (Fsp3) is 0.538. The minimum Gasteiger partial charge on any atom is -0.454 e. The fourth-order valence-corrected chi connectivity index (χ4v) is 2.93. The fourth-order valence-electron chi connectivity index (χ4n) is 2.93. The second kappa shape index (κ2) is 3.39. The van der Waals surface area contributed by atoms with E-state index in [0.717, 1.165) is 29.9 Å². The van der Waals surface area contributed by atoms with Crippen LogP contribution in [0.15, 0.2) is 12.1 Å². The molecular weight excluding hydrogens is 202 g/mol. The molecule has 1 aromatic rings. The topological polar surface area (TPSA) is 44.5 Å². The number of rotatable bonds is 1. The Kier molecular flexibility index (Phi) is 2.11. The predicted octanol–water partition coefficient (Wildman–Crippen LogP) is 2.45. The SMILES string of the molecule is Cc1c(C2(N)CCCC2)ccc2c1OCO2. The van der Waals surface area contributed by atoms with Crippen molar-refractivity contribution in [3.63, 3.8) is 0 Å². The van der Waals surface area contributed by atoms with Gasteiger partial charge in [-0.2, -0.15) is 0 Å². The number of hydrogen-bond acceptors (Lipinski definition) is 3. The van der Waals surface area contributed by atoms with Crippen LogP contribution in [0.25, 0.3) is 0 Å². The molecule has 1 heterocycles. The van der Waals surface area contributed by atoms with Crippen molar-refractivity contribution in [2.24, 2.45) is 5.73 Å². The standard InChI is InChI=1S/C13H17NO2/c1-9-10(13(14)6-2-3-7-13)4-5-11-12(9)16-8-15-11/h4-5H,2-3,6-8,14H2,1H3. The first-order chi connectivity index (χ1) is 7.71. The molecule has 1 aromatic carbocycles. The molecule has 3 rings (SSSR count). The Morgan fingerprint density at radius 2 is 1.94 bits per heavy atom. The molecule has 0 radical (unpaired) electrons. The highest BCUT2D eigenvalue weighted by Crippen LogP contribution is 2.44. The first kappa shape index (κ1) is 9.97. The van der Waals surface area contributed by atoms with Crippen molar-refractivity contribution in [3.8, 4) is 11.5 Å². The molecule has 0 unspecified atom stereocenters. The molecule has 3 nitrogen and oxygen atoms in total. The third-order valence-corrected chi connectivity index (χ3v) is 3.82. The molecule has 86 valence electrons. The summed E-state index contributed by atoms with van der Waals surface area (Å²) < 4.78 is 10.9. The molecule has 3 heteroatoms. The maximum Gasteiger partial charge on any atom is 0.231 e. The molecule has 0 aromatic heterocycles. The highest BCUT2D eigenvalue weighted by atomic mass is 16.7. The lowest BCUT2D eigenvalue weighted by atomic mass is 9.86. The molecule has 0 spiro atoms. The van der Waals surface area contributed by atoms with Gasteiger partial charge >= 0.3 is 0 Å². The minimum absolute atomic E-state index is 0.148. The van der Waals surface area contributed by atoms with Crippen LogP contribution in [0, 0.1) is 6.92 Å². The molecule has 1 saturated carbocycles. The Hall–Kier alpha value is -1.22. The Morgan fingerprint density at radius 3 is 2.69 bits per heavy atom. The van der Waals surface area contributed by atoms with Crippen LogP contribution in [0.4, 0.5) is 0 Å². The minimum atomic E-state index is -0.148. The van der Waals surface area contributed by atoms with Gasteiger partial charge in [0.05, 0.1) is 0 Å². The van der Waals surface area contributed by atoms with E-state index in [-0.39, 0.29) is 5.54 Å². The van der Waals surface area contributed by atoms with Crippen LogP contribution in [0.2, 0.25) is 0 Å². The molecule has 0 atom stereocenters. The quantitative estimate of drug-likeness (QED) is 0.789. The number of nitrogens with two attached hydrogens (primary N) is 1. The van der Waals surface area contributed by atoms with Crippen LogP contribution in [0.5, 0.6) is 11.5 Å². The van der Waals surface area contributed by atoms with Crippen LogP contribution in [-0.2, 0) is 5.54 Å². The van der Waals surface area contributed by atoms with E-state index >= 15 is 0 Å². The van der Waals surface area contributed by atoms with E-state index in [4.69, 9.17) is 15.2 Å². The summed E-state index contributed by atoms with van der Waals surface area (Å²) in [5, 5.41) is 0. The highest BCUT2D eigenvalue weighted by molar-refractivity contribution is 5.53. The average molecular weight is 219 g/mol. The van der Waals surface area contributed by atoms with E-state index in [1.807, 2.05) is 6.07 Å². The lowest BCUT2D eigenvalue weighted by Gasteiger charge is -2.26. The van der Waals surface area contributed by atoms with Gasteiger partial charge in [0.1, 0.15) is 0 Å². The molecule has 1 aliphatic carbocycles. The van der Waals surface area contributed by atoms with E-state index in [1.165, 1.54) is 18.4 Å². The van der Waals surface area contributed by atoms with Crippen molar-refractivity contribution in [3.05, 3.63) is 23.3 Å². The second-order valence-electron chi connectivity index (χ2n) is 4.84. The van der Waals surface area contributed by atoms with Crippen molar-refractivity contribution in [1.82, 2.24) is 0 Å². The summed E-state index contributed by atoms with van der Waals surface area (Å²) in [4.78, 5) is 0. The van der Waals surface area contributed by atoms with E-state index in [2.05, 4.69) is 13.0 Å². The smallest absolute Gasteiger partial charge is 0.231 e. The van der Waals surface area contributed by atoms with Gasteiger partial charge in [0.15, 0.2) is 11.5 Å². The maximum atomic E-state index is 6.48. The summed E-state index contributed by atoms with van der Waals surface area (Å²) in [5.41, 5.74) is 8.71. The lowest BCUT2D eigenvalue weighted by molar-refractivity contribution is 0.173. The van der Waals surface area contributed by atoms with Gasteiger partial charge in [-0.3, -0.25) is 0 Å². The van der Waals surface area contributed by atoms with Gasteiger partial charge in [0.2, 0.25) is 6.79 Å². The molecule has 0 bridgehead atoms. The van der Waals surface area contributed by atoms with Gasteiger partial charge in [-0.05, 0) is 31.4 Å². The van der Waals surface area contributed by atoms with Gasteiger partial charge in [0.25, 0.3) is 0 Å². The average Bonchev–Trinajstić information content (AvgIpc) is 2.87. The summed E-state index contributed by atoms with van der Waals surface area (Å²) in [6, 6.07) is 4.09. The van der Waals surface area contributed by atoms with Gasteiger partial charge in [-0.1, -0.05) is 18.9 Å². The summed E-state index contributed by atoms with van der Waals surface area (Å²) in [6.07, 6.45) is 4.61. The van der Waals surface area contributed by atoms with Crippen molar-refractivity contribution < 1.29 is 9.47 Å². The summed E-state index contributed by atoms with van der Waals surface area (Å²) in [5.74, 6) is 1.73. The number of benzene rings is 1. The zero-order valence-electron chi connectivity index (χ0n) is 9.58. The van der Waals surface area contributed by atoms with Crippen LogP contribution >= 0.6 is 0 Å². The molecule has 0 saturated heterocycles. The van der Waals surface area contributed by atoms with Gasteiger partial charge < -0.3 is 15.2 Å². The molecule has 2 aliphatic rings. The van der Waals surface area contributed by atoms with Gasteiger partial charge in [-0.25, -0.2) is 0 Å². The van der Waals surface area contributed by atoms with Crippen LogP contribution < -0.4 is 15.2 Å². The lowest BCUT2D eigenvalue weighted by Crippen LogP contribution is -2.33. The molecule has 2 N–H and O–H groups in total. The Bertz CT molecular complexity index is 422. The van der Waals surface area contributed by atoms with Crippen molar-refractivity contribution >= 4 is 0 Å². The molecule has 1 aliphatic heterocycles. The third-order valence-electron chi connectivity index (χ3n) is 3.82. The number of fused-ring (bicyclic) bond motifs is 1. The summed E-state index contributed by atoms with van der Waals surface area (Å²) in [6.45, 7) is 2.41. The van der Waals surface area contributed by atoms with Crippen molar-refractivity contribution in [2.45, 2.75) is 38.1 Å². The second-order valence-corrected chi connectivity index (χ2v) is 4.84. The zero-order chi connectivity index (χ0) is 11.2. The monoisotopic (exact) mass is 219 g/mol. The normalized spacial score (nSPS) is 21.4. The van der Waals surface area contributed by atoms with E-state index < -0.39 is 0 Å². The Morgan fingerprint density at radius 1 is 1.19 bits per heavy atom. The third kappa shape index (κ3) is 1.31. The number of hydrogen-bond donors (Lipinski definition) is 1. The Labute approximate surface area is 95.5 Å². The first-order valence-electron chi connectivity index (χ1n) is 5.89. The zero-order valence-corrected chi connectivity index (χ0v) is 9.58. The molecule has 0 amide bonds. The van der Waals surface area contributed by atoms with Gasteiger partial charge in [-0.15, -0.1) is 0 Å². The Balaban J connectivity index is 2.08. The first-order valence-corrected chi connectivity index (χ1v) is 5.89. The molecule has 16 heavy (non-hydrogen) atoms. The largest absolute Gasteiger partial charge is 0.454 e. The summed E-state index contributed by atoms with van der Waals surface area (Å²) >= 11 is 0.